The van der Waals surface area contributed by atoms with Crippen molar-refractivity contribution in [1.29, 1.82) is 0 Å². The number of aromatic amines is 1. The summed E-state index contributed by atoms with van der Waals surface area (Å²) >= 11 is 0. The van der Waals surface area contributed by atoms with E-state index in [0.717, 1.165) is 34.2 Å². The molecule has 2 rings (SSSR count). The van der Waals surface area contributed by atoms with Crippen molar-refractivity contribution in [3.63, 3.8) is 0 Å². The Bertz CT molecular complexity index is 604. The Morgan fingerprint density at radius 3 is 2.84 bits per heavy atom. The summed E-state index contributed by atoms with van der Waals surface area (Å²) < 4.78 is 5.44. The lowest BCUT2D eigenvalue weighted by molar-refractivity contribution is -0.115. The molecule has 19 heavy (non-hydrogen) atoms. The van der Waals surface area contributed by atoms with Crippen molar-refractivity contribution in [2.75, 3.05) is 6.61 Å². The fourth-order valence-corrected chi connectivity index (χ4v) is 2.25. The quantitative estimate of drug-likeness (QED) is 0.779. The number of carbonyl (C=O) groups excluding carboxylic acids is 2. The molecule has 2 aromatic rings. The Balaban J connectivity index is 2.52. The van der Waals surface area contributed by atoms with E-state index >= 15 is 0 Å². The first kappa shape index (κ1) is 13.1. The van der Waals surface area contributed by atoms with Crippen LogP contribution >= 0.6 is 0 Å². The number of benzene rings is 1. The molecule has 1 aromatic heterocycles. The molecule has 0 aliphatic heterocycles. The van der Waals surface area contributed by atoms with Gasteiger partial charge < -0.3 is 19.8 Å². The number of carbonyl (C=O) groups is 2. The minimum absolute atomic E-state index is 0.534. The Labute approximate surface area is 110 Å². The molecule has 100 valence electrons. The molecular weight excluding hydrogens is 244 g/mol. The molecule has 0 aliphatic carbocycles. The molecule has 2 N–H and O–H groups in total. The van der Waals surface area contributed by atoms with Gasteiger partial charge in [0.1, 0.15) is 18.1 Å². The van der Waals surface area contributed by atoms with Crippen molar-refractivity contribution >= 4 is 23.6 Å². The van der Waals surface area contributed by atoms with E-state index in [9.17, 15) is 9.59 Å². The van der Waals surface area contributed by atoms with E-state index in [2.05, 4.69) is 10.3 Å². The maximum absolute atomic E-state index is 11.1. The van der Waals surface area contributed by atoms with Gasteiger partial charge in [-0.1, -0.05) is 0 Å². The van der Waals surface area contributed by atoms with Crippen molar-refractivity contribution in [2.45, 2.75) is 19.9 Å². The molecule has 5 heteroatoms. The van der Waals surface area contributed by atoms with Crippen molar-refractivity contribution in [3.8, 4) is 5.75 Å². The predicted molar refractivity (Wildman–Crippen MR) is 72.2 cm³/mol. The van der Waals surface area contributed by atoms with Gasteiger partial charge in [0.2, 0.25) is 6.41 Å². The summed E-state index contributed by atoms with van der Waals surface area (Å²) in [5.74, 6) is 0.772. The third-order valence-electron chi connectivity index (χ3n) is 3.01. The van der Waals surface area contributed by atoms with Crippen LogP contribution in [0.1, 0.15) is 24.2 Å². The fourth-order valence-electron chi connectivity index (χ4n) is 2.25. The van der Waals surface area contributed by atoms with Crippen LogP contribution in [0, 0.1) is 6.92 Å². The molecule has 0 radical (unpaired) electrons. The molecule has 0 saturated carbocycles. The second-order valence-electron chi connectivity index (χ2n) is 4.20. The van der Waals surface area contributed by atoms with Crippen molar-refractivity contribution in [2.24, 2.45) is 0 Å². The van der Waals surface area contributed by atoms with Gasteiger partial charge in [-0.15, -0.1) is 0 Å². The number of ether oxygens (including phenoxy) is 1. The van der Waals surface area contributed by atoms with E-state index in [0.29, 0.717) is 13.0 Å². The minimum Gasteiger partial charge on any atom is -0.494 e. The number of hydrogen-bond acceptors (Lipinski definition) is 3. The molecule has 0 fully saturated rings. The third-order valence-corrected chi connectivity index (χ3v) is 3.01. The van der Waals surface area contributed by atoms with Gasteiger partial charge in [-0.3, -0.25) is 4.79 Å². The van der Waals surface area contributed by atoms with Gasteiger partial charge in [0.25, 0.3) is 0 Å². The lowest BCUT2D eigenvalue weighted by Gasteiger charge is -2.09. The predicted octanol–water partition coefficient (Wildman–Crippen LogP) is 1.86. The smallest absolute Gasteiger partial charge is 0.207 e. The molecule has 0 aliphatic rings. The lowest BCUT2D eigenvalue weighted by atomic mass is 10.0. The first-order chi connectivity index (χ1) is 9.21. The van der Waals surface area contributed by atoms with Gasteiger partial charge in [-0.2, -0.15) is 0 Å². The van der Waals surface area contributed by atoms with Crippen LogP contribution in [0.25, 0.3) is 10.9 Å². The summed E-state index contributed by atoms with van der Waals surface area (Å²) in [5, 5.41) is 3.42. The van der Waals surface area contributed by atoms with E-state index in [4.69, 9.17) is 4.74 Å². The molecule has 0 spiro atoms. The highest BCUT2D eigenvalue weighted by atomic mass is 16.5. The van der Waals surface area contributed by atoms with Crippen LogP contribution in [-0.2, 0) is 9.59 Å². The Hall–Kier alpha value is -2.30. The Morgan fingerprint density at radius 1 is 1.42 bits per heavy atom. The van der Waals surface area contributed by atoms with E-state index in [1.165, 1.54) is 0 Å². The lowest BCUT2D eigenvalue weighted by Crippen LogP contribution is -2.21. The van der Waals surface area contributed by atoms with Crippen LogP contribution in [-0.4, -0.2) is 24.3 Å². The molecule has 0 saturated heterocycles. The molecular formula is C14H16N2O3. The normalized spacial score (nSPS) is 12.1. The summed E-state index contributed by atoms with van der Waals surface area (Å²) in [6.45, 7) is 4.40. The first-order valence-corrected chi connectivity index (χ1v) is 6.11. The molecule has 0 bridgehead atoms. The molecule has 1 atom stereocenters. The maximum Gasteiger partial charge on any atom is 0.207 e. The SMILES string of the molecule is CCOc1ccc2c(C(C=O)NC=O)c(C)[nH]c2c1. The van der Waals surface area contributed by atoms with Crippen LogP contribution < -0.4 is 10.1 Å². The number of nitrogens with one attached hydrogen (secondary N) is 2. The van der Waals surface area contributed by atoms with Gasteiger partial charge >= 0.3 is 0 Å². The highest BCUT2D eigenvalue weighted by Crippen LogP contribution is 2.29. The second kappa shape index (κ2) is 5.56. The largest absolute Gasteiger partial charge is 0.494 e. The highest BCUT2D eigenvalue weighted by Gasteiger charge is 2.18. The summed E-state index contributed by atoms with van der Waals surface area (Å²) in [6, 6.07) is 5.00. The minimum atomic E-state index is -0.635. The van der Waals surface area contributed by atoms with Crippen molar-refractivity contribution in [3.05, 3.63) is 29.5 Å². The number of aryl methyl sites for hydroxylation is 1. The van der Waals surface area contributed by atoms with Crippen LogP contribution in [0.3, 0.4) is 0 Å². The van der Waals surface area contributed by atoms with Gasteiger partial charge in [0.15, 0.2) is 0 Å². The summed E-state index contributed by atoms with van der Waals surface area (Å²) in [5.41, 5.74) is 2.54. The monoisotopic (exact) mass is 260 g/mol. The highest BCUT2D eigenvalue weighted by molar-refractivity contribution is 5.89. The van der Waals surface area contributed by atoms with Crippen LogP contribution in [0.5, 0.6) is 5.75 Å². The van der Waals surface area contributed by atoms with Gasteiger partial charge in [-0.05, 0) is 26.0 Å². The van der Waals surface area contributed by atoms with Crippen LogP contribution in [0.4, 0.5) is 0 Å². The van der Waals surface area contributed by atoms with Gasteiger partial charge in [0, 0.05) is 28.2 Å². The van der Waals surface area contributed by atoms with E-state index in [-0.39, 0.29) is 0 Å². The number of amides is 1. The summed E-state index contributed by atoms with van der Waals surface area (Å²) in [6.07, 6.45) is 1.26. The summed E-state index contributed by atoms with van der Waals surface area (Å²) in [7, 11) is 0. The first-order valence-electron chi connectivity index (χ1n) is 6.11. The summed E-state index contributed by atoms with van der Waals surface area (Å²) in [4.78, 5) is 24.9. The molecule has 1 amide bonds. The molecule has 1 heterocycles. The van der Waals surface area contributed by atoms with Crippen molar-refractivity contribution < 1.29 is 14.3 Å². The molecule has 5 nitrogen and oxygen atoms in total. The molecule has 1 unspecified atom stereocenters. The average molecular weight is 260 g/mol. The van der Waals surface area contributed by atoms with Crippen LogP contribution in [0.2, 0.25) is 0 Å². The number of H-pyrrole nitrogens is 1. The van der Waals surface area contributed by atoms with Crippen LogP contribution in [0.15, 0.2) is 18.2 Å². The second-order valence-corrected chi connectivity index (χ2v) is 4.20. The zero-order valence-corrected chi connectivity index (χ0v) is 10.9. The topological polar surface area (TPSA) is 71.2 Å². The number of aromatic nitrogens is 1. The van der Waals surface area contributed by atoms with Crippen molar-refractivity contribution in [1.82, 2.24) is 10.3 Å². The van der Waals surface area contributed by atoms with Gasteiger partial charge in [0.05, 0.1) is 6.61 Å². The zero-order chi connectivity index (χ0) is 13.8. The van der Waals surface area contributed by atoms with Gasteiger partial charge in [-0.25, -0.2) is 0 Å². The standard InChI is InChI=1S/C14H16N2O3/c1-3-19-10-4-5-11-12(6-10)16-9(2)14(11)13(7-17)15-8-18/h4-8,13,16H,3H2,1-2H3,(H,15,18). The number of fused-ring (bicyclic) bond motifs is 1. The Kier molecular flexibility index (Phi) is 3.85. The van der Waals surface area contributed by atoms with E-state index in [1.54, 1.807) is 0 Å². The number of rotatable bonds is 6. The van der Waals surface area contributed by atoms with E-state index < -0.39 is 6.04 Å². The van der Waals surface area contributed by atoms with E-state index in [1.807, 2.05) is 32.0 Å². The maximum atomic E-state index is 11.1. The molecule has 1 aromatic carbocycles. The Morgan fingerprint density at radius 2 is 2.21 bits per heavy atom. The third kappa shape index (κ3) is 2.45. The average Bonchev–Trinajstić information content (AvgIpc) is 2.72. The number of hydrogen-bond donors (Lipinski definition) is 2. The zero-order valence-electron chi connectivity index (χ0n) is 10.9. The number of aldehydes is 1. The fraction of sp³-hybridized carbons (Fsp3) is 0.286.